The van der Waals surface area contributed by atoms with E-state index >= 15 is 0 Å². The summed E-state index contributed by atoms with van der Waals surface area (Å²) in [6.07, 6.45) is 3.83. The Kier molecular flexibility index (Phi) is 5.23. The summed E-state index contributed by atoms with van der Waals surface area (Å²) in [7, 11) is 1.68. The van der Waals surface area contributed by atoms with Crippen LogP contribution in [0.2, 0.25) is 0 Å². The molecule has 0 aliphatic rings. The van der Waals surface area contributed by atoms with Crippen molar-refractivity contribution in [1.82, 2.24) is 9.78 Å². The first-order valence-corrected chi connectivity index (χ1v) is 7.73. The second-order valence-corrected chi connectivity index (χ2v) is 5.42. The minimum Gasteiger partial charge on any atom is -0.489 e. The molecular formula is C19H19FN2O2. The second kappa shape index (κ2) is 7.75. The van der Waals surface area contributed by atoms with Crippen LogP contribution in [0.1, 0.15) is 5.56 Å². The Hall–Kier alpha value is -2.66. The molecule has 0 atom stereocenters. The summed E-state index contributed by atoms with van der Waals surface area (Å²) < 4.78 is 25.5. The number of aromatic nitrogens is 2. The molecule has 0 amide bonds. The summed E-state index contributed by atoms with van der Waals surface area (Å²) in [6.45, 7) is 1.78. The third-order valence-electron chi connectivity index (χ3n) is 3.66. The molecule has 124 valence electrons. The molecule has 2 aromatic carbocycles. The van der Waals surface area contributed by atoms with Crippen molar-refractivity contribution in [3.63, 3.8) is 0 Å². The molecule has 0 saturated carbocycles. The second-order valence-electron chi connectivity index (χ2n) is 5.42. The van der Waals surface area contributed by atoms with E-state index < -0.39 is 0 Å². The average Bonchev–Trinajstić information content (AvgIpc) is 3.09. The molecule has 0 fully saturated rings. The third-order valence-corrected chi connectivity index (χ3v) is 3.66. The first-order chi connectivity index (χ1) is 11.7. The van der Waals surface area contributed by atoms with Crippen molar-refractivity contribution in [1.29, 1.82) is 0 Å². The molecule has 0 spiro atoms. The molecule has 24 heavy (non-hydrogen) atoms. The Morgan fingerprint density at radius 2 is 1.75 bits per heavy atom. The van der Waals surface area contributed by atoms with E-state index in [0.717, 1.165) is 29.0 Å². The number of halogens is 1. The highest BCUT2D eigenvalue weighted by Crippen LogP contribution is 2.22. The molecular weight excluding hydrogens is 307 g/mol. The summed E-state index contributed by atoms with van der Waals surface area (Å²) in [5.41, 5.74) is 3.06. The van der Waals surface area contributed by atoms with Gasteiger partial charge in [-0.3, -0.25) is 4.68 Å². The van der Waals surface area contributed by atoms with Crippen molar-refractivity contribution in [3.8, 4) is 16.9 Å². The van der Waals surface area contributed by atoms with Gasteiger partial charge in [-0.25, -0.2) is 4.39 Å². The molecule has 0 radical (unpaired) electrons. The Morgan fingerprint density at radius 3 is 2.46 bits per heavy atom. The summed E-state index contributed by atoms with van der Waals surface area (Å²) in [6, 6.07) is 14.1. The molecule has 0 aliphatic heterocycles. The molecule has 4 nitrogen and oxygen atoms in total. The number of hydrogen-bond acceptors (Lipinski definition) is 3. The first kappa shape index (κ1) is 16.2. The normalized spacial score (nSPS) is 10.8. The predicted octanol–water partition coefficient (Wildman–Crippen LogP) is 3.91. The minimum absolute atomic E-state index is 0.242. The summed E-state index contributed by atoms with van der Waals surface area (Å²) in [5.74, 6) is 0.531. The summed E-state index contributed by atoms with van der Waals surface area (Å²) in [4.78, 5) is 0. The number of rotatable bonds is 7. The van der Waals surface area contributed by atoms with Crippen molar-refractivity contribution in [2.24, 2.45) is 0 Å². The van der Waals surface area contributed by atoms with Gasteiger partial charge in [0.15, 0.2) is 0 Å². The van der Waals surface area contributed by atoms with Gasteiger partial charge in [0.25, 0.3) is 0 Å². The van der Waals surface area contributed by atoms with Gasteiger partial charge in [-0.15, -0.1) is 0 Å². The smallest absolute Gasteiger partial charge is 0.123 e. The van der Waals surface area contributed by atoms with Crippen molar-refractivity contribution < 1.29 is 13.9 Å². The fourth-order valence-electron chi connectivity index (χ4n) is 2.31. The highest BCUT2D eigenvalue weighted by atomic mass is 19.1. The molecule has 5 heteroatoms. The molecule has 0 aliphatic carbocycles. The molecule has 3 aromatic rings. The Bertz CT molecular complexity index is 767. The maximum Gasteiger partial charge on any atom is 0.123 e. The van der Waals surface area contributed by atoms with Crippen molar-refractivity contribution in [3.05, 3.63) is 72.3 Å². The van der Waals surface area contributed by atoms with E-state index in [1.807, 2.05) is 41.3 Å². The van der Waals surface area contributed by atoms with E-state index in [1.165, 1.54) is 12.1 Å². The van der Waals surface area contributed by atoms with Gasteiger partial charge in [0.05, 0.1) is 19.3 Å². The van der Waals surface area contributed by atoms with E-state index in [4.69, 9.17) is 9.47 Å². The average molecular weight is 326 g/mol. The number of hydrogen-bond donors (Lipinski definition) is 0. The molecule has 0 N–H and O–H groups in total. The van der Waals surface area contributed by atoms with Gasteiger partial charge in [-0.05, 0) is 35.4 Å². The maximum absolute atomic E-state index is 12.9. The topological polar surface area (TPSA) is 36.3 Å². The van der Waals surface area contributed by atoms with E-state index in [-0.39, 0.29) is 5.82 Å². The molecule has 1 aromatic heterocycles. The van der Waals surface area contributed by atoms with Crippen LogP contribution in [0, 0.1) is 5.82 Å². The van der Waals surface area contributed by atoms with Crippen LogP contribution in [-0.2, 0) is 17.9 Å². The van der Waals surface area contributed by atoms with Gasteiger partial charge in [0.2, 0.25) is 0 Å². The zero-order chi connectivity index (χ0) is 16.8. The maximum atomic E-state index is 12.9. The van der Waals surface area contributed by atoms with E-state index in [0.29, 0.717) is 13.2 Å². The van der Waals surface area contributed by atoms with Crippen molar-refractivity contribution in [2.45, 2.75) is 13.2 Å². The Morgan fingerprint density at radius 1 is 1.00 bits per heavy atom. The van der Waals surface area contributed by atoms with Gasteiger partial charge in [0.1, 0.15) is 18.2 Å². The largest absolute Gasteiger partial charge is 0.489 e. The van der Waals surface area contributed by atoms with Crippen LogP contribution < -0.4 is 4.74 Å². The van der Waals surface area contributed by atoms with Crippen LogP contribution >= 0.6 is 0 Å². The van der Waals surface area contributed by atoms with Gasteiger partial charge in [-0.2, -0.15) is 5.10 Å². The van der Waals surface area contributed by atoms with Crippen LogP contribution in [0.3, 0.4) is 0 Å². The number of ether oxygens (including phenoxy) is 2. The molecule has 1 heterocycles. The Balaban J connectivity index is 1.60. The highest BCUT2D eigenvalue weighted by Gasteiger charge is 2.03. The van der Waals surface area contributed by atoms with Gasteiger partial charge in [-0.1, -0.05) is 24.3 Å². The zero-order valence-electron chi connectivity index (χ0n) is 13.5. The number of benzene rings is 2. The number of nitrogens with zero attached hydrogens (tertiary/aromatic N) is 2. The molecule has 0 bridgehead atoms. The molecule has 0 saturated heterocycles. The van der Waals surface area contributed by atoms with Crippen LogP contribution in [0.5, 0.6) is 5.75 Å². The predicted molar refractivity (Wildman–Crippen MR) is 90.3 cm³/mol. The third kappa shape index (κ3) is 4.20. The lowest BCUT2D eigenvalue weighted by Crippen LogP contribution is -2.03. The van der Waals surface area contributed by atoms with Crippen molar-refractivity contribution in [2.75, 3.05) is 13.7 Å². The lowest BCUT2D eigenvalue weighted by Gasteiger charge is -2.07. The number of methoxy groups -OCH3 is 1. The standard InChI is InChI=1S/C19H19FN2O2/c1-23-11-10-22-13-17(12-21-22)16-4-8-19(9-5-16)24-14-15-2-6-18(20)7-3-15/h2-9,12-13H,10-11,14H2,1H3. The summed E-state index contributed by atoms with van der Waals surface area (Å²) >= 11 is 0. The van der Waals surface area contributed by atoms with Crippen LogP contribution in [0.25, 0.3) is 11.1 Å². The van der Waals surface area contributed by atoms with E-state index in [2.05, 4.69) is 5.10 Å². The van der Waals surface area contributed by atoms with E-state index in [1.54, 1.807) is 19.2 Å². The van der Waals surface area contributed by atoms with Crippen LogP contribution in [-0.4, -0.2) is 23.5 Å². The molecule has 0 unspecified atom stereocenters. The van der Waals surface area contributed by atoms with Gasteiger partial charge >= 0.3 is 0 Å². The quantitative estimate of drug-likeness (QED) is 0.660. The summed E-state index contributed by atoms with van der Waals surface area (Å²) in [5, 5.41) is 4.31. The SMILES string of the molecule is COCCn1cc(-c2ccc(OCc3ccc(F)cc3)cc2)cn1. The zero-order valence-corrected chi connectivity index (χ0v) is 13.5. The van der Waals surface area contributed by atoms with Crippen LogP contribution in [0.15, 0.2) is 60.9 Å². The lowest BCUT2D eigenvalue weighted by molar-refractivity contribution is 0.183. The highest BCUT2D eigenvalue weighted by molar-refractivity contribution is 5.62. The van der Waals surface area contributed by atoms with Gasteiger partial charge in [0, 0.05) is 18.9 Å². The fraction of sp³-hybridized carbons (Fsp3) is 0.211. The first-order valence-electron chi connectivity index (χ1n) is 7.73. The van der Waals surface area contributed by atoms with Gasteiger partial charge < -0.3 is 9.47 Å². The monoisotopic (exact) mass is 326 g/mol. The van der Waals surface area contributed by atoms with Crippen molar-refractivity contribution >= 4 is 0 Å². The Labute approximate surface area is 140 Å². The van der Waals surface area contributed by atoms with Crippen LogP contribution in [0.4, 0.5) is 4.39 Å². The van der Waals surface area contributed by atoms with E-state index in [9.17, 15) is 4.39 Å². The minimum atomic E-state index is -0.242. The fourth-order valence-corrected chi connectivity index (χ4v) is 2.31. The molecule has 3 rings (SSSR count). The lowest BCUT2D eigenvalue weighted by atomic mass is 10.1.